The van der Waals surface area contributed by atoms with Gasteiger partial charge in [-0.2, -0.15) is 0 Å². The first kappa shape index (κ1) is 19.2. The Kier molecular flexibility index (Phi) is 6.26. The van der Waals surface area contributed by atoms with Gasteiger partial charge in [0.1, 0.15) is 5.08 Å². The monoisotopic (exact) mass is 366 g/mol. The fraction of sp³-hybridized carbons (Fsp3) is 0.300. The van der Waals surface area contributed by atoms with Gasteiger partial charge in [-0.1, -0.05) is 18.2 Å². The summed E-state index contributed by atoms with van der Waals surface area (Å²) >= 11 is 4.86. The van der Waals surface area contributed by atoms with Crippen molar-refractivity contribution in [3.05, 3.63) is 30.3 Å². The van der Waals surface area contributed by atoms with Gasteiger partial charge in [0.15, 0.2) is 5.11 Å². The molecule has 1 aromatic carbocycles. The SMILES string of the molecule is O=P([O-])([O-])C(O)(CCNC(=S)Nc1ccccc1)P(=O)([O-])[O-]. The summed E-state index contributed by atoms with van der Waals surface area (Å²) in [7, 11) is -12.1. The molecule has 0 amide bonds. The van der Waals surface area contributed by atoms with Crippen molar-refractivity contribution >= 4 is 38.2 Å². The molecular weight excluding hydrogens is 354 g/mol. The van der Waals surface area contributed by atoms with Crippen LogP contribution >= 0.6 is 27.4 Å². The van der Waals surface area contributed by atoms with E-state index in [0.29, 0.717) is 5.69 Å². The summed E-state index contributed by atoms with van der Waals surface area (Å²) in [6, 6.07) is 8.57. The zero-order valence-corrected chi connectivity index (χ0v) is 13.6. The molecule has 124 valence electrons. The smallest absolute Gasteiger partial charge is 0.170 e. The Morgan fingerprint density at radius 1 is 1.14 bits per heavy atom. The number of nitrogens with one attached hydrogen (secondary N) is 2. The molecule has 22 heavy (non-hydrogen) atoms. The second-order valence-corrected chi connectivity index (χ2v) is 8.50. The van der Waals surface area contributed by atoms with Crippen LogP contribution in [0.4, 0.5) is 5.69 Å². The van der Waals surface area contributed by atoms with Crippen LogP contribution in [-0.4, -0.2) is 21.8 Å². The highest BCUT2D eigenvalue weighted by Gasteiger charge is 2.35. The van der Waals surface area contributed by atoms with Crippen molar-refractivity contribution in [3.8, 4) is 0 Å². The molecule has 0 unspecified atom stereocenters. The van der Waals surface area contributed by atoms with Crippen LogP contribution in [0.25, 0.3) is 0 Å². The predicted molar refractivity (Wildman–Crippen MR) is 75.4 cm³/mol. The van der Waals surface area contributed by atoms with Crippen molar-refractivity contribution in [3.63, 3.8) is 0 Å². The Hall–Kier alpha value is -0.830. The van der Waals surface area contributed by atoms with Gasteiger partial charge >= 0.3 is 0 Å². The van der Waals surface area contributed by atoms with E-state index >= 15 is 0 Å². The van der Waals surface area contributed by atoms with Gasteiger partial charge < -0.3 is 44.4 Å². The van der Waals surface area contributed by atoms with Gasteiger partial charge in [0.2, 0.25) is 0 Å². The first-order valence-electron chi connectivity index (χ1n) is 5.84. The number of anilines is 1. The van der Waals surface area contributed by atoms with E-state index in [4.69, 9.17) is 12.2 Å². The minimum absolute atomic E-state index is 0.00758. The molecule has 0 aliphatic carbocycles. The van der Waals surface area contributed by atoms with E-state index in [-0.39, 0.29) is 5.11 Å². The number of hydrogen-bond acceptors (Lipinski definition) is 8. The lowest BCUT2D eigenvalue weighted by molar-refractivity contribution is -0.348. The molecule has 0 aliphatic rings. The van der Waals surface area contributed by atoms with Crippen LogP contribution in [0.1, 0.15) is 6.42 Å². The lowest BCUT2D eigenvalue weighted by Gasteiger charge is -2.56. The molecule has 1 rings (SSSR count). The average Bonchev–Trinajstić information content (AvgIpc) is 2.37. The van der Waals surface area contributed by atoms with Crippen LogP contribution in [0.5, 0.6) is 0 Å². The van der Waals surface area contributed by atoms with Gasteiger partial charge in [-0.3, -0.25) is 0 Å². The number of benzene rings is 1. The molecule has 9 nitrogen and oxygen atoms in total. The van der Waals surface area contributed by atoms with Gasteiger partial charge in [0, 0.05) is 18.7 Å². The quantitative estimate of drug-likeness (QED) is 0.372. The van der Waals surface area contributed by atoms with E-state index in [9.17, 15) is 33.8 Å². The second kappa shape index (κ2) is 7.16. The summed E-state index contributed by atoms with van der Waals surface area (Å²) in [6.45, 7) is -0.516. The van der Waals surface area contributed by atoms with Crippen molar-refractivity contribution in [1.82, 2.24) is 5.32 Å². The maximum absolute atomic E-state index is 10.8. The fourth-order valence-electron chi connectivity index (χ4n) is 1.46. The second-order valence-electron chi connectivity index (χ2n) is 4.27. The first-order valence-corrected chi connectivity index (χ1v) is 9.33. The molecule has 0 saturated heterocycles. The Labute approximate surface area is 131 Å². The average molecular weight is 366 g/mol. The zero-order valence-electron chi connectivity index (χ0n) is 11.0. The van der Waals surface area contributed by atoms with E-state index in [1.54, 1.807) is 30.3 Å². The van der Waals surface area contributed by atoms with Crippen LogP contribution in [0.15, 0.2) is 30.3 Å². The minimum atomic E-state index is -6.07. The highest BCUT2D eigenvalue weighted by Crippen LogP contribution is 2.60. The minimum Gasteiger partial charge on any atom is -0.808 e. The summed E-state index contributed by atoms with van der Waals surface area (Å²) in [5.74, 6) is 0. The molecular formula is C10H12N2O7P2S-4. The Bertz CT molecular complexity index is 593. The van der Waals surface area contributed by atoms with E-state index < -0.39 is 33.2 Å². The fourth-order valence-corrected chi connectivity index (χ4v) is 3.66. The van der Waals surface area contributed by atoms with E-state index in [1.165, 1.54) is 0 Å². The number of rotatable bonds is 6. The first-order chi connectivity index (χ1) is 9.97. The molecule has 0 aromatic heterocycles. The van der Waals surface area contributed by atoms with Crippen LogP contribution in [0, 0.1) is 0 Å². The summed E-state index contributed by atoms with van der Waals surface area (Å²) in [5.41, 5.74) is 0.604. The summed E-state index contributed by atoms with van der Waals surface area (Å²) < 4.78 is 21.7. The highest BCUT2D eigenvalue weighted by atomic mass is 32.1. The molecule has 0 fully saturated rings. The molecule has 0 heterocycles. The molecule has 1 aromatic rings. The molecule has 0 saturated carbocycles. The highest BCUT2D eigenvalue weighted by molar-refractivity contribution is 7.80. The van der Waals surface area contributed by atoms with Crippen molar-refractivity contribution < 1.29 is 33.8 Å². The number of aliphatic hydroxyl groups is 1. The van der Waals surface area contributed by atoms with Crippen molar-refractivity contribution in [2.45, 2.75) is 11.5 Å². The topological polar surface area (TPSA) is 171 Å². The summed E-state index contributed by atoms with van der Waals surface area (Å²) in [6.07, 6.45) is -1.14. The van der Waals surface area contributed by atoms with E-state index in [1.807, 2.05) is 0 Å². The van der Waals surface area contributed by atoms with Gasteiger partial charge in [-0.05, 0) is 39.5 Å². The third kappa shape index (κ3) is 4.84. The third-order valence-electron chi connectivity index (χ3n) is 2.65. The molecule has 0 aliphatic heterocycles. The van der Waals surface area contributed by atoms with Gasteiger partial charge in [-0.25, -0.2) is 0 Å². The van der Waals surface area contributed by atoms with Gasteiger partial charge in [-0.15, -0.1) is 0 Å². The predicted octanol–water partition coefficient (Wildman–Crippen LogP) is -2.16. The molecule has 12 heteroatoms. The lowest BCUT2D eigenvalue weighted by atomic mass is 10.3. The molecule has 0 atom stereocenters. The van der Waals surface area contributed by atoms with Crippen molar-refractivity contribution in [2.24, 2.45) is 0 Å². The number of hydrogen-bond donors (Lipinski definition) is 3. The summed E-state index contributed by atoms with van der Waals surface area (Å²) in [5, 5.41) is 10.6. The molecule has 0 spiro atoms. The lowest BCUT2D eigenvalue weighted by Crippen LogP contribution is -2.47. The maximum Gasteiger partial charge on any atom is 0.170 e. The van der Waals surface area contributed by atoms with Crippen LogP contribution in [0.3, 0.4) is 0 Å². The Morgan fingerprint density at radius 2 is 1.64 bits per heavy atom. The summed E-state index contributed by atoms with van der Waals surface area (Å²) in [4.78, 5) is 43.4. The van der Waals surface area contributed by atoms with Crippen LogP contribution in [0.2, 0.25) is 0 Å². The standard InChI is InChI=1S/C10H16N2O7P2S/c13-10(20(14,15)16,21(17,18)19)6-7-11-9(22)12-8-4-2-1-3-5-8/h1-5,13H,6-7H2,(H2,11,12,22)(H2,14,15,16)(H2,17,18,19)/p-4. The third-order valence-corrected chi connectivity index (χ3v) is 6.57. The number of thiocarbonyl (C=S) groups is 1. The number of para-hydroxylation sites is 1. The molecule has 0 bridgehead atoms. The van der Waals surface area contributed by atoms with Crippen LogP contribution < -0.4 is 30.2 Å². The van der Waals surface area contributed by atoms with E-state index in [2.05, 4.69) is 10.6 Å². The Balaban J connectivity index is 2.63. The normalized spacial score (nSPS) is 12.8. The molecule has 3 N–H and O–H groups in total. The molecule has 0 radical (unpaired) electrons. The van der Waals surface area contributed by atoms with Crippen LogP contribution in [-0.2, 0) is 9.13 Å². The zero-order chi connectivity index (χ0) is 17.0. The van der Waals surface area contributed by atoms with Gasteiger partial charge in [0.05, 0.1) is 0 Å². The van der Waals surface area contributed by atoms with Crippen molar-refractivity contribution in [2.75, 3.05) is 11.9 Å². The van der Waals surface area contributed by atoms with Gasteiger partial charge in [0.25, 0.3) is 0 Å². The van der Waals surface area contributed by atoms with E-state index in [0.717, 1.165) is 0 Å². The largest absolute Gasteiger partial charge is 0.808 e. The maximum atomic E-state index is 10.8. The Morgan fingerprint density at radius 3 is 2.09 bits per heavy atom. The van der Waals surface area contributed by atoms with Crippen molar-refractivity contribution in [1.29, 1.82) is 0 Å².